The molecule has 0 spiro atoms. The first-order chi connectivity index (χ1) is 18.9. The van der Waals surface area contributed by atoms with Crippen molar-refractivity contribution in [3.63, 3.8) is 0 Å². The van der Waals surface area contributed by atoms with E-state index in [2.05, 4.69) is 15.5 Å². The van der Waals surface area contributed by atoms with Crippen LogP contribution in [-0.4, -0.2) is 68.0 Å². The number of hydrogen-bond acceptors (Lipinski definition) is 6. The molecule has 39 heavy (non-hydrogen) atoms. The van der Waals surface area contributed by atoms with Gasteiger partial charge < -0.3 is 30.9 Å². The van der Waals surface area contributed by atoms with E-state index in [4.69, 9.17) is 10.5 Å². The molecule has 2 saturated carbocycles. The average Bonchev–Trinajstić information content (AvgIpc) is 3.80. The third-order valence-electron chi connectivity index (χ3n) is 8.02. The molecule has 0 unspecified atom stereocenters. The van der Waals surface area contributed by atoms with Gasteiger partial charge in [0.1, 0.15) is 5.75 Å². The summed E-state index contributed by atoms with van der Waals surface area (Å²) in [6.45, 7) is 2.66. The molecule has 1 heterocycles. The molecule has 1 aliphatic heterocycles. The Morgan fingerprint density at radius 1 is 0.923 bits per heavy atom. The highest BCUT2D eigenvalue weighted by molar-refractivity contribution is 6.00. The lowest BCUT2D eigenvalue weighted by atomic mass is 9.91. The van der Waals surface area contributed by atoms with Gasteiger partial charge in [-0.1, -0.05) is 12.1 Å². The van der Waals surface area contributed by atoms with E-state index in [-0.39, 0.29) is 42.1 Å². The summed E-state index contributed by atoms with van der Waals surface area (Å²) in [4.78, 5) is 42.9. The normalized spacial score (nSPS) is 21.3. The number of hydrogen-bond donors (Lipinski definition) is 3. The van der Waals surface area contributed by atoms with Gasteiger partial charge in [0.2, 0.25) is 11.8 Å². The van der Waals surface area contributed by atoms with Gasteiger partial charge in [0.15, 0.2) is 0 Å². The van der Waals surface area contributed by atoms with Crippen molar-refractivity contribution in [2.75, 3.05) is 43.5 Å². The van der Waals surface area contributed by atoms with Crippen LogP contribution in [0.15, 0.2) is 42.5 Å². The molecule has 2 aromatic carbocycles. The third kappa shape index (κ3) is 6.89. The highest BCUT2D eigenvalue weighted by atomic mass is 16.5. The van der Waals surface area contributed by atoms with Crippen LogP contribution < -0.4 is 26.0 Å². The molecule has 5 rings (SSSR count). The predicted molar refractivity (Wildman–Crippen MR) is 151 cm³/mol. The zero-order valence-corrected chi connectivity index (χ0v) is 22.7. The third-order valence-corrected chi connectivity index (χ3v) is 8.02. The van der Waals surface area contributed by atoms with E-state index in [1.54, 1.807) is 13.2 Å². The second kappa shape index (κ2) is 12.1. The monoisotopic (exact) mass is 533 g/mol. The highest BCUT2D eigenvalue weighted by Crippen LogP contribution is 2.33. The van der Waals surface area contributed by atoms with Crippen LogP contribution in [0.2, 0.25) is 0 Å². The van der Waals surface area contributed by atoms with Crippen LogP contribution in [-0.2, 0) is 16.0 Å². The molecule has 1 saturated heterocycles. The van der Waals surface area contributed by atoms with Gasteiger partial charge >= 0.3 is 0 Å². The molecule has 0 aromatic heterocycles. The summed E-state index contributed by atoms with van der Waals surface area (Å²) in [5, 5.41) is 6.21. The van der Waals surface area contributed by atoms with Gasteiger partial charge in [0, 0.05) is 49.7 Å². The first kappa shape index (κ1) is 27.0. The first-order valence-corrected chi connectivity index (χ1v) is 14.1. The Labute approximate surface area is 230 Å². The second-order valence-corrected chi connectivity index (χ2v) is 11.0. The molecule has 208 valence electrons. The van der Waals surface area contributed by atoms with Gasteiger partial charge in [-0.25, -0.2) is 0 Å². The Bertz CT molecular complexity index is 1180. The summed E-state index contributed by atoms with van der Waals surface area (Å²) in [6.07, 6.45) is 5.77. The molecule has 0 radical (unpaired) electrons. The van der Waals surface area contributed by atoms with Crippen LogP contribution in [0.5, 0.6) is 5.75 Å². The molecule has 2 aromatic rings. The van der Waals surface area contributed by atoms with E-state index in [0.717, 1.165) is 55.5 Å². The number of benzene rings is 2. The summed E-state index contributed by atoms with van der Waals surface area (Å²) < 4.78 is 5.21. The molecule has 0 bridgehead atoms. The van der Waals surface area contributed by atoms with Crippen molar-refractivity contribution in [3.8, 4) is 5.75 Å². The SMILES string of the molecule is COc1ccc(CC(=O)Nc2cc(C(=O)NC3CCC(N)CC3)ccc2N2CCN(C(=O)C3CC3)CC2)cc1. The Morgan fingerprint density at radius 3 is 2.26 bits per heavy atom. The van der Waals surface area contributed by atoms with Crippen LogP contribution in [0, 0.1) is 5.92 Å². The molecule has 9 heteroatoms. The lowest BCUT2D eigenvalue weighted by Gasteiger charge is -2.37. The smallest absolute Gasteiger partial charge is 0.251 e. The molecule has 9 nitrogen and oxygen atoms in total. The fourth-order valence-electron chi connectivity index (χ4n) is 5.46. The highest BCUT2D eigenvalue weighted by Gasteiger charge is 2.35. The maximum absolute atomic E-state index is 13.1. The topological polar surface area (TPSA) is 117 Å². The minimum absolute atomic E-state index is 0.113. The maximum atomic E-state index is 13.1. The quantitative estimate of drug-likeness (QED) is 0.480. The summed E-state index contributed by atoms with van der Waals surface area (Å²) in [5.41, 5.74) is 8.86. The maximum Gasteiger partial charge on any atom is 0.251 e. The van der Waals surface area contributed by atoms with Gasteiger partial charge in [0.05, 0.1) is 24.9 Å². The van der Waals surface area contributed by atoms with Crippen LogP contribution in [0.3, 0.4) is 0 Å². The Kier molecular flexibility index (Phi) is 8.35. The fraction of sp³-hybridized carbons (Fsp3) is 0.500. The van der Waals surface area contributed by atoms with Crippen molar-refractivity contribution in [2.45, 2.75) is 57.0 Å². The molecular formula is C30H39N5O4. The number of ether oxygens (including phenoxy) is 1. The van der Waals surface area contributed by atoms with E-state index in [1.165, 1.54) is 0 Å². The summed E-state index contributed by atoms with van der Waals surface area (Å²) >= 11 is 0. The standard InChI is InChI=1S/C30H39N5O4/c1-39-25-11-2-20(3-12-25)18-28(36)33-26-19-22(29(37)32-24-9-7-23(31)8-10-24)6-13-27(26)34-14-16-35(17-15-34)30(38)21-4-5-21/h2-3,6,11-13,19,21,23-24H,4-5,7-10,14-18,31H2,1H3,(H,32,37)(H,33,36). The summed E-state index contributed by atoms with van der Waals surface area (Å²) in [5.74, 6) is 0.898. The predicted octanol–water partition coefficient (Wildman–Crippen LogP) is 2.93. The minimum atomic E-state index is -0.164. The van der Waals surface area contributed by atoms with Gasteiger partial charge in [-0.15, -0.1) is 0 Å². The number of carbonyl (C=O) groups is 3. The number of rotatable bonds is 8. The van der Waals surface area contributed by atoms with Gasteiger partial charge in [-0.2, -0.15) is 0 Å². The average molecular weight is 534 g/mol. The Morgan fingerprint density at radius 2 is 1.62 bits per heavy atom. The Hall–Kier alpha value is -3.59. The molecule has 4 N–H and O–H groups in total. The summed E-state index contributed by atoms with van der Waals surface area (Å²) in [7, 11) is 1.61. The van der Waals surface area contributed by atoms with E-state index >= 15 is 0 Å². The lowest BCUT2D eigenvalue weighted by Crippen LogP contribution is -2.49. The van der Waals surface area contributed by atoms with E-state index in [1.807, 2.05) is 41.3 Å². The van der Waals surface area contributed by atoms with Crippen LogP contribution in [0.25, 0.3) is 0 Å². The van der Waals surface area contributed by atoms with E-state index in [9.17, 15) is 14.4 Å². The van der Waals surface area contributed by atoms with Crippen molar-refractivity contribution < 1.29 is 19.1 Å². The number of amides is 3. The van der Waals surface area contributed by atoms with Crippen molar-refractivity contribution >= 4 is 29.1 Å². The van der Waals surface area contributed by atoms with Crippen LogP contribution >= 0.6 is 0 Å². The minimum Gasteiger partial charge on any atom is -0.497 e. The van der Waals surface area contributed by atoms with E-state index < -0.39 is 0 Å². The largest absolute Gasteiger partial charge is 0.497 e. The van der Waals surface area contributed by atoms with Crippen LogP contribution in [0.4, 0.5) is 11.4 Å². The molecule has 3 amide bonds. The van der Waals surface area contributed by atoms with Gasteiger partial charge in [-0.05, 0) is 74.4 Å². The zero-order valence-electron chi connectivity index (χ0n) is 22.7. The molecule has 0 atom stereocenters. The number of methoxy groups -OCH3 is 1. The van der Waals surface area contributed by atoms with Crippen molar-refractivity contribution in [1.82, 2.24) is 10.2 Å². The Balaban J connectivity index is 1.30. The molecular weight excluding hydrogens is 494 g/mol. The number of nitrogens with two attached hydrogens (primary N) is 1. The summed E-state index contributed by atoms with van der Waals surface area (Å²) in [6, 6.07) is 13.2. The van der Waals surface area contributed by atoms with Crippen molar-refractivity contribution in [2.24, 2.45) is 11.7 Å². The van der Waals surface area contributed by atoms with Crippen molar-refractivity contribution in [1.29, 1.82) is 0 Å². The number of carbonyl (C=O) groups excluding carboxylic acids is 3. The number of piperazine rings is 1. The fourth-order valence-corrected chi connectivity index (χ4v) is 5.46. The lowest BCUT2D eigenvalue weighted by molar-refractivity contribution is -0.132. The molecule has 3 fully saturated rings. The van der Waals surface area contributed by atoms with Crippen molar-refractivity contribution in [3.05, 3.63) is 53.6 Å². The second-order valence-electron chi connectivity index (χ2n) is 11.0. The van der Waals surface area contributed by atoms with Crippen LogP contribution in [0.1, 0.15) is 54.4 Å². The van der Waals surface area contributed by atoms with Gasteiger partial charge in [0.25, 0.3) is 5.91 Å². The van der Waals surface area contributed by atoms with E-state index in [0.29, 0.717) is 37.4 Å². The zero-order chi connectivity index (χ0) is 27.4. The van der Waals surface area contributed by atoms with Gasteiger partial charge in [-0.3, -0.25) is 14.4 Å². The molecule has 3 aliphatic rings. The first-order valence-electron chi connectivity index (χ1n) is 14.1. The number of anilines is 2. The number of nitrogens with zero attached hydrogens (tertiary/aromatic N) is 2. The number of nitrogens with one attached hydrogen (secondary N) is 2. The molecule has 2 aliphatic carbocycles.